The first-order valence-electron chi connectivity index (χ1n) is 4.09. The normalized spacial score (nSPS) is 9.40. The molecule has 0 bridgehead atoms. The van der Waals surface area contributed by atoms with Gasteiger partial charge in [-0.15, -0.1) is 0 Å². The molecule has 1 aromatic rings. The predicted octanol–water partition coefficient (Wildman–Crippen LogP) is 2.59. The van der Waals surface area contributed by atoms with Gasteiger partial charge >= 0.3 is 0 Å². The number of rotatable bonds is 4. The van der Waals surface area contributed by atoms with Crippen molar-refractivity contribution in [3.05, 3.63) is 50.1 Å². The highest BCUT2D eigenvalue weighted by molar-refractivity contribution is 5.35. The summed E-state index contributed by atoms with van der Waals surface area (Å²) in [6, 6.07) is 3.26. The summed E-state index contributed by atoms with van der Waals surface area (Å²) < 4.78 is 13.1. The number of nitro groups is 1. The van der Waals surface area contributed by atoms with Crippen LogP contribution in [0.2, 0.25) is 0 Å². The fourth-order valence-electron chi connectivity index (χ4n) is 1.08. The van der Waals surface area contributed by atoms with Crippen LogP contribution in [0.3, 0.4) is 0 Å². The van der Waals surface area contributed by atoms with Crippen LogP contribution in [-0.2, 0) is 6.42 Å². The van der Waals surface area contributed by atoms with Gasteiger partial charge in [-0.25, -0.2) is 4.39 Å². The molecule has 0 atom stereocenters. The lowest BCUT2D eigenvalue weighted by molar-refractivity contribution is -0.385. The number of halogens is 1. The summed E-state index contributed by atoms with van der Waals surface area (Å²) >= 11 is 0. The summed E-state index contributed by atoms with van der Waals surface area (Å²) in [5.41, 5.74) is 8.02. The molecule has 0 N–H and O–H groups in total. The molecule has 15 heavy (non-hydrogen) atoms. The van der Waals surface area contributed by atoms with E-state index in [9.17, 15) is 14.5 Å². The molecule has 1 rings (SSSR count). The molecular weight excluding hydrogens is 203 g/mol. The Balaban J connectivity index is 2.89. The van der Waals surface area contributed by atoms with Crippen LogP contribution in [0, 0.1) is 15.9 Å². The molecule has 0 aliphatic rings. The van der Waals surface area contributed by atoms with Crippen LogP contribution >= 0.6 is 0 Å². The lowest BCUT2D eigenvalue weighted by Crippen LogP contribution is -1.96. The number of hydrogen-bond acceptors (Lipinski definition) is 3. The molecule has 0 amide bonds. The summed E-state index contributed by atoms with van der Waals surface area (Å²) in [5.74, 6) is -0.534. The third kappa shape index (κ3) is 2.92. The molecule has 0 spiro atoms. The van der Waals surface area contributed by atoms with Crippen LogP contribution in [0.25, 0.3) is 10.4 Å². The monoisotopic (exact) mass is 210 g/mol. The Labute approximate surface area is 84.1 Å². The quantitative estimate of drug-likeness (QED) is 0.251. The van der Waals surface area contributed by atoms with Crippen molar-refractivity contribution < 1.29 is 9.31 Å². The van der Waals surface area contributed by atoms with E-state index in [0.717, 1.165) is 18.2 Å². The van der Waals surface area contributed by atoms with E-state index in [0.29, 0.717) is 0 Å². The Morgan fingerprint density at radius 2 is 2.33 bits per heavy atom. The van der Waals surface area contributed by atoms with Crippen LogP contribution < -0.4 is 0 Å². The molecule has 0 saturated heterocycles. The number of nitro benzene ring substituents is 1. The van der Waals surface area contributed by atoms with Crippen LogP contribution in [0.15, 0.2) is 23.3 Å². The van der Waals surface area contributed by atoms with E-state index >= 15 is 0 Å². The zero-order chi connectivity index (χ0) is 11.3. The summed E-state index contributed by atoms with van der Waals surface area (Å²) in [7, 11) is 0. The highest BCUT2D eigenvalue weighted by Crippen LogP contribution is 2.17. The summed E-state index contributed by atoms with van der Waals surface area (Å²) in [5, 5.41) is 13.6. The van der Waals surface area contributed by atoms with Crippen molar-refractivity contribution in [2.24, 2.45) is 5.11 Å². The molecule has 0 aromatic heterocycles. The molecule has 0 unspecified atom stereocenters. The van der Waals surface area contributed by atoms with Gasteiger partial charge in [-0.1, -0.05) is 5.11 Å². The number of azide groups is 1. The molecule has 0 saturated carbocycles. The van der Waals surface area contributed by atoms with Crippen molar-refractivity contribution in [2.45, 2.75) is 6.42 Å². The molecule has 0 aliphatic heterocycles. The molecule has 1 aromatic carbocycles. The van der Waals surface area contributed by atoms with Gasteiger partial charge in [-0.2, -0.15) is 0 Å². The maximum absolute atomic E-state index is 13.1. The van der Waals surface area contributed by atoms with Crippen LogP contribution in [0.1, 0.15) is 5.56 Å². The van der Waals surface area contributed by atoms with Crippen molar-refractivity contribution in [2.75, 3.05) is 6.54 Å². The lowest BCUT2D eigenvalue weighted by Gasteiger charge is -1.99. The Bertz CT molecular complexity index is 429. The van der Waals surface area contributed by atoms with Crippen LogP contribution in [-0.4, -0.2) is 11.5 Å². The smallest absolute Gasteiger partial charge is 0.258 e. The van der Waals surface area contributed by atoms with E-state index in [1.165, 1.54) is 0 Å². The van der Waals surface area contributed by atoms with Crippen LogP contribution in [0.4, 0.5) is 10.1 Å². The molecule has 0 aliphatic carbocycles. The zero-order valence-electron chi connectivity index (χ0n) is 7.63. The van der Waals surface area contributed by atoms with Crippen molar-refractivity contribution in [3.63, 3.8) is 0 Å². The van der Waals surface area contributed by atoms with Crippen molar-refractivity contribution in [1.82, 2.24) is 0 Å². The first kappa shape index (κ1) is 10.9. The minimum absolute atomic E-state index is 0.0780. The molecule has 7 heteroatoms. The largest absolute Gasteiger partial charge is 0.269 e. The van der Waals surface area contributed by atoms with E-state index in [1.54, 1.807) is 0 Å². The fourth-order valence-corrected chi connectivity index (χ4v) is 1.08. The first-order valence-corrected chi connectivity index (χ1v) is 4.09. The Kier molecular flexibility index (Phi) is 3.59. The summed E-state index contributed by atoms with van der Waals surface area (Å²) in [6.45, 7) is 0.0780. The van der Waals surface area contributed by atoms with E-state index in [1.807, 2.05) is 0 Å². The Morgan fingerprint density at radius 3 is 2.93 bits per heavy atom. The van der Waals surface area contributed by atoms with Gasteiger partial charge in [0.05, 0.1) is 4.92 Å². The maximum atomic E-state index is 13.1. The molecule has 0 radical (unpaired) electrons. The zero-order valence-corrected chi connectivity index (χ0v) is 7.63. The lowest BCUT2D eigenvalue weighted by atomic mass is 10.1. The number of non-ortho nitro benzene ring substituents is 1. The minimum Gasteiger partial charge on any atom is -0.258 e. The van der Waals surface area contributed by atoms with E-state index in [4.69, 9.17) is 5.53 Å². The van der Waals surface area contributed by atoms with Crippen molar-refractivity contribution in [3.8, 4) is 0 Å². The second-order valence-electron chi connectivity index (χ2n) is 2.74. The predicted molar refractivity (Wildman–Crippen MR) is 50.8 cm³/mol. The fraction of sp³-hybridized carbons (Fsp3) is 0.250. The van der Waals surface area contributed by atoms with E-state index in [-0.39, 0.29) is 24.2 Å². The minimum atomic E-state index is -0.601. The molecule has 78 valence electrons. The summed E-state index contributed by atoms with van der Waals surface area (Å²) in [6.07, 6.45) is 0.150. The molecule has 0 heterocycles. The Hall–Kier alpha value is -2.14. The number of nitrogens with zero attached hydrogens (tertiary/aromatic N) is 4. The van der Waals surface area contributed by atoms with Gasteiger partial charge in [0.1, 0.15) is 5.82 Å². The molecule has 6 nitrogen and oxygen atoms in total. The van der Waals surface area contributed by atoms with Gasteiger partial charge in [0.15, 0.2) is 0 Å². The third-order valence-electron chi connectivity index (χ3n) is 1.78. The highest BCUT2D eigenvalue weighted by Gasteiger charge is 2.09. The SMILES string of the molecule is [N-]=[N+]=NCCc1cc([N+](=O)[O-])ccc1F. The average molecular weight is 210 g/mol. The highest BCUT2D eigenvalue weighted by atomic mass is 19.1. The number of benzene rings is 1. The second kappa shape index (κ2) is 4.92. The standard InChI is InChI=1S/C8H7FN4O2/c9-8-2-1-7(13(14)15)5-6(8)3-4-11-12-10/h1-2,5H,3-4H2. The number of hydrogen-bond donors (Lipinski definition) is 0. The van der Waals surface area contributed by atoms with Crippen molar-refractivity contribution in [1.29, 1.82) is 0 Å². The average Bonchev–Trinajstić information content (AvgIpc) is 2.20. The topological polar surface area (TPSA) is 91.9 Å². The van der Waals surface area contributed by atoms with E-state index < -0.39 is 10.7 Å². The summed E-state index contributed by atoms with van der Waals surface area (Å²) in [4.78, 5) is 12.3. The first-order chi connectivity index (χ1) is 7.15. The second-order valence-corrected chi connectivity index (χ2v) is 2.74. The van der Waals surface area contributed by atoms with Gasteiger partial charge in [0.2, 0.25) is 0 Å². The van der Waals surface area contributed by atoms with Gasteiger partial charge < -0.3 is 0 Å². The van der Waals surface area contributed by atoms with Gasteiger partial charge in [-0.05, 0) is 23.6 Å². The van der Waals surface area contributed by atoms with Gasteiger partial charge in [0.25, 0.3) is 5.69 Å². The van der Waals surface area contributed by atoms with Crippen molar-refractivity contribution >= 4 is 5.69 Å². The van der Waals surface area contributed by atoms with Gasteiger partial charge in [-0.3, -0.25) is 10.1 Å². The van der Waals surface area contributed by atoms with Crippen LogP contribution in [0.5, 0.6) is 0 Å². The third-order valence-corrected chi connectivity index (χ3v) is 1.78. The van der Waals surface area contributed by atoms with Gasteiger partial charge in [0, 0.05) is 23.6 Å². The molecular formula is C8H7FN4O2. The molecule has 0 fully saturated rings. The maximum Gasteiger partial charge on any atom is 0.269 e. The van der Waals surface area contributed by atoms with E-state index in [2.05, 4.69) is 10.0 Å². The Morgan fingerprint density at radius 1 is 1.60 bits per heavy atom.